The lowest BCUT2D eigenvalue weighted by molar-refractivity contribution is -0.139. The zero-order valence-corrected chi connectivity index (χ0v) is 18.4. The fourth-order valence-electron chi connectivity index (χ4n) is 3.58. The second-order valence-corrected chi connectivity index (χ2v) is 7.58. The number of ether oxygens (including phenoxy) is 2. The highest BCUT2D eigenvalue weighted by molar-refractivity contribution is 6.30. The molecule has 4 rings (SSSR count). The summed E-state index contributed by atoms with van der Waals surface area (Å²) in [5.74, 6) is -1.24. The van der Waals surface area contributed by atoms with E-state index < -0.39 is 24.0 Å². The molecule has 0 saturated heterocycles. The predicted molar refractivity (Wildman–Crippen MR) is 122 cm³/mol. The summed E-state index contributed by atoms with van der Waals surface area (Å²) >= 11 is 5.98. The standard InChI is InChI=1S/C24H20ClN3O5/c1-2-32-23(30)20-19(27-24(31)28-21(20)14-8-10-15(25)11-9-14)13-33-22(29)17-5-3-7-18-16(17)6-4-12-26-18/h3-12,21H,2,13H2,1H3,(H2,27,28,31). The first kappa shape index (κ1) is 22.3. The van der Waals surface area contributed by atoms with Crippen LogP contribution in [0.5, 0.6) is 0 Å². The maximum atomic E-state index is 12.8. The first-order valence-electron chi connectivity index (χ1n) is 10.2. The maximum Gasteiger partial charge on any atom is 0.339 e. The van der Waals surface area contributed by atoms with E-state index in [1.165, 1.54) is 0 Å². The Bertz CT molecular complexity index is 1250. The number of rotatable bonds is 6. The Morgan fingerprint density at radius 3 is 2.58 bits per heavy atom. The van der Waals surface area contributed by atoms with Gasteiger partial charge in [-0.3, -0.25) is 4.98 Å². The summed E-state index contributed by atoms with van der Waals surface area (Å²) in [6.45, 7) is 1.49. The van der Waals surface area contributed by atoms with Gasteiger partial charge in [0.2, 0.25) is 0 Å². The Labute approximate surface area is 194 Å². The summed E-state index contributed by atoms with van der Waals surface area (Å²) in [6.07, 6.45) is 1.63. The number of urea groups is 1. The van der Waals surface area contributed by atoms with E-state index in [2.05, 4.69) is 15.6 Å². The Kier molecular flexibility index (Phi) is 6.55. The van der Waals surface area contributed by atoms with Gasteiger partial charge in [-0.05, 0) is 42.8 Å². The highest BCUT2D eigenvalue weighted by Crippen LogP contribution is 2.29. The van der Waals surface area contributed by atoms with Crippen LogP contribution in [0, 0.1) is 0 Å². The average molecular weight is 466 g/mol. The van der Waals surface area contributed by atoms with E-state index in [0.29, 0.717) is 27.1 Å². The van der Waals surface area contributed by atoms with Crippen molar-refractivity contribution >= 4 is 40.5 Å². The van der Waals surface area contributed by atoms with Crippen LogP contribution in [0.3, 0.4) is 0 Å². The number of benzene rings is 2. The normalized spacial score (nSPS) is 15.6. The Morgan fingerprint density at radius 2 is 1.82 bits per heavy atom. The summed E-state index contributed by atoms with van der Waals surface area (Å²) in [5, 5.41) is 6.44. The van der Waals surface area contributed by atoms with Gasteiger partial charge in [-0.1, -0.05) is 35.9 Å². The highest BCUT2D eigenvalue weighted by atomic mass is 35.5. The molecule has 3 aromatic rings. The number of hydrogen-bond donors (Lipinski definition) is 2. The van der Waals surface area contributed by atoms with Crippen molar-refractivity contribution in [1.29, 1.82) is 0 Å². The molecule has 2 aromatic carbocycles. The number of aromatic nitrogens is 1. The lowest BCUT2D eigenvalue weighted by atomic mass is 9.95. The fourth-order valence-corrected chi connectivity index (χ4v) is 3.71. The Morgan fingerprint density at radius 1 is 1.03 bits per heavy atom. The quantitative estimate of drug-likeness (QED) is 0.534. The molecule has 2 N–H and O–H groups in total. The van der Waals surface area contributed by atoms with E-state index >= 15 is 0 Å². The third-order valence-corrected chi connectivity index (χ3v) is 5.32. The molecule has 168 valence electrons. The lowest BCUT2D eigenvalue weighted by Crippen LogP contribution is -2.47. The van der Waals surface area contributed by atoms with E-state index in [-0.39, 0.29) is 24.5 Å². The molecule has 1 atom stereocenters. The van der Waals surface area contributed by atoms with Crippen molar-refractivity contribution in [1.82, 2.24) is 15.6 Å². The van der Waals surface area contributed by atoms with Gasteiger partial charge in [0, 0.05) is 16.6 Å². The van der Waals surface area contributed by atoms with Gasteiger partial charge >= 0.3 is 18.0 Å². The van der Waals surface area contributed by atoms with E-state index in [9.17, 15) is 14.4 Å². The summed E-state index contributed by atoms with van der Waals surface area (Å²) < 4.78 is 10.7. The molecule has 9 heteroatoms. The molecule has 8 nitrogen and oxygen atoms in total. The van der Waals surface area contributed by atoms with Crippen LogP contribution in [0.1, 0.15) is 28.9 Å². The number of carbonyl (C=O) groups is 3. The van der Waals surface area contributed by atoms with Gasteiger partial charge in [-0.15, -0.1) is 0 Å². The molecule has 0 bridgehead atoms. The largest absolute Gasteiger partial charge is 0.463 e. The maximum absolute atomic E-state index is 12.8. The predicted octanol–water partition coefficient (Wildman–Crippen LogP) is 3.92. The van der Waals surface area contributed by atoms with Crippen LogP contribution in [0.4, 0.5) is 4.79 Å². The molecule has 33 heavy (non-hydrogen) atoms. The zero-order chi connectivity index (χ0) is 23.4. The van der Waals surface area contributed by atoms with Crippen LogP contribution >= 0.6 is 11.6 Å². The minimum Gasteiger partial charge on any atom is -0.463 e. The van der Waals surface area contributed by atoms with Crippen molar-refractivity contribution in [3.8, 4) is 0 Å². The monoisotopic (exact) mass is 465 g/mol. The highest BCUT2D eigenvalue weighted by Gasteiger charge is 2.34. The topological polar surface area (TPSA) is 107 Å². The van der Waals surface area contributed by atoms with E-state index in [0.717, 1.165) is 0 Å². The summed E-state index contributed by atoms with van der Waals surface area (Å²) in [5.41, 5.74) is 1.89. The van der Waals surface area contributed by atoms with Crippen LogP contribution in [0.15, 0.2) is 72.1 Å². The molecule has 2 amide bonds. The van der Waals surface area contributed by atoms with Gasteiger partial charge in [0.05, 0.1) is 35.0 Å². The minimum atomic E-state index is -0.800. The first-order valence-corrected chi connectivity index (χ1v) is 10.6. The molecule has 0 saturated carbocycles. The van der Waals surface area contributed by atoms with Gasteiger partial charge in [-0.25, -0.2) is 14.4 Å². The smallest absolute Gasteiger partial charge is 0.339 e. The molecule has 0 aliphatic carbocycles. The number of pyridine rings is 1. The van der Waals surface area contributed by atoms with Crippen molar-refractivity contribution in [3.05, 3.63) is 88.2 Å². The molecular formula is C24H20ClN3O5. The Balaban J connectivity index is 1.66. The number of fused-ring (bicyclic) bond motifs is 1. The van der Waals surface area contributed by atoms with Gasteiger partial charge in [0.15, 0.2) is 0 Å². The number of hydrogen-bond acceptors (Lipinski definition) is 6. The van der Waals surface area contributed by atoms with Crippen molar-refractivity contribution in [2.75, 3.05) is 13.2 Å². The Hall–Kier alpha value is -3.91. The summed E-state index contributed by atoms with van der Waals surface area (Å²) in [6, 6.07) is 14.0. The molecule has 0 fully saturated rings. The number of carbonyl (C=O) groups excluding carboxylic acids is 3. The number of nitrogens with zero attached hydrogens (tertiary/aromatic N) is 1. The second-order valence-electron chi connectivity index (χ2n) is 7.15. The van der Waals surface area contributed by atoms with Crippen LogP contribution in [-0.2, 0) is 14.3 Å². The molecule has 0 radical (unpaired) electrons. The molecular weight excluding hydrogens is 446 g/mol. The van der Waals surface area contributed by atoms with Crippen LogP contribution in [0.2, 0.25) is 5.02 Å². The number of halogens is 1. The molecule has 0 spiro atoms. The van der Waals surface area contributed by atoms with Gasteiger partial charge < -0.3 is 20.1 Å². The SMILES string of the molecule is CCOC(=O)C1=C(COC(=O)c2cccc3ncccc23)NC(=O)NC1c1ccc(Cl)cc1. The van der Waals surface area contributed by atoms with Crippen LogP contribution in [0.25, 0.3) is 10.9 Å². The lowest BCUT2D eigenvalue weighted by Gasteiger charge is -2.29. The van der Waals surface area contributed by atoms with Gasteiger partial charge in [-0.2, -0.15) is 0 Å². The van der Waals surface area contributed by atoms with Crippen molar-refractivity contribution < 1.29 is 23.9 Å². The van der Waals surface area contributed by atoms with E-state index in [1.54, 1.807) is 67.7 Å². The number of nitrogens with one attached hydrogen (secondary N) is 2. The minimum absolute atomic E-state index is 0.139. The van der Waals surface area contributed by atoms with E-state index in [4.69, 9.17) is 21.1 Å². The van der Waals surface area contributed by atoms with Crippen molar-refractivity contribution in [3.63, 3.8) is 0 Å². The van der Waals surface area contributed by atoms with Crippen LogP contribution < -0.4 is 10.6 Å². The number of esters is 2. The zero-order valence-electron chi connectivity index (χ0n) is 17.6. The third-order valence-electron chi connectivity index (χ3n) is 5.07. The summed E-state index contributed by atoms with van der Waals surface area (Å²) in [7, 11) is 0. The molecule has 1 aromatic heterocycles. The van der Waals surface area contributed by atoms with Crippen LogP contribution in [-0.4, -0.2) is 36.2 Å². The van der Waals surface area contributed by atoms with Gasteiger partial charge in [0.25, 0.3) is 0 Å². The van der Waals surface area contributed by atoms with Crippen molar-refractivity contribution in [2.45, 2.75) is 13.0 Å². The fraction of sp³-hybridized carbons (Fsp3) is 0.167. The van der Waals surface area contributed by atoms with Crippen molar-refractivity contribution in [2.24, 2.45) is 0 Å². The van der Waals surface area contributed by atoms with E-state index in [1.807, 2.05) is 0 Å². The van der Waals surface area contributed by atoms with Gasteiger partial charge in [0.1, 0.15) is 6.61 Å². The summed E-state index contributed by atoms with van der Waals surface area (Å²) in [4.78, 5) is 42.2. The molecule has 1 unspecified atom stereocenters. The number of amides is 2. The first-order chi connectivity index (χ1) is 16.0. The molecule has 1 aliphatic heterocycles. The second kappa shape index (κ2) is 9.70. The molecule has 2 heterocycles. The molecule has 1 aliphatic rings. The third kappa shape index (κ3) is 4.80. The average Bonchev–Trinajstić information content (AvgIpc) is 2.82.